The Kier molecular flexibility index (Phi) is 5.77. The Bertz CT molecular complexity index is 1090. The van der Waals surface area contributed by atoms with Crippen LogP contribution in [0.1, 0.15) is 0 Å². The first-order chi connectivity index (χ1) is 14.1. The Balaban J connectivity index is 1.48. The largest absolute Gasteiger partial charge is 0.495 e. The van der Waals surface area contributed by atoms with Crippen molar-refractivity contribution in [1.29, 1.82) is 0 Å². The number of piperazine rings is 1. The number of methoxy groups -OCH3 is 1. The van der Waals surface area contributed by atoms with Crippen molar-refractivity contribution in [3.05, 3.63) is 46.1 Å². The molecule has 0 N–H and O–H groups in total. The molecule has 1 fully saturated rings. The van der Waals surface area contributed by atoms with Crippen LogP contribution in [0.25, 0.3) is 10.2 Å². The molecule has 1 aliphatic rings. The Morgan fingerprint density at radius 2 is 1.97 bits per heavy atom. The lowest BCUT2D eigenvalue weighted by Crippen LogP contribution is -2.50. The summed E-state index contributed by atoms with van der Waals surface area (Å²) in [7, 11) is 1.66. The fraction of sp³-hybridized carbons (Fsp3) is 0.350. The van der Waals surface area contributed by atoms with Crippen molar-refractivity contribution >= 4 is 44.9 Å². The first-order valence-corrected chi connectivity index (χ1v) is 11.4. The lowest BCUT2D eigenvalue weighted by molar-refractivity contribution is -0.132. The monoisotopic (exact) mass is 430 g/mol. The van der Waals surface area contributed by atoms with Crippen LogP contribution in [0.5, 0.6) is 5.75 Å². The fourth-order valence-corrected chi connectivity index (χ4v) is 4.88. The minimum absolute atomic E-state index is 0.0184. The van der Waals surface area contributed by atoms with E-state index in [0.717, 1.165) is 24.5 Å². The summed E-state index contributed by atoms with van der Waals surface area (Å²) in [5.74, 6) is 0.776. The van der Waals surface area contributed by atoms with Crippen molar-refractivity contribution in [2.24, 2.45) is 0 Å². The number of amides is 1. The van der Waals surface area contributed by atoms with E-state index in [1.807, 2.05) is 46.9 Å². The number of thiophene rings is 1. The van der Waals surface area contributed by atoms with Gasteiger partial charge in [0, 0.05) is 26.2 Å². The second-order valence-corrected chi connectivity index (χ2v) is 8.35. The summed E-state index contributed by atoms with van der Waals surface area (Å²) in [6.45, 7) is 2.67. The Labute approximate surface area is 176 Å². The SMILES string of the molecule is COc1ccccc1N1CCN(C(=O)Cn2c(SC)nc3ccsc3c2=O)CC1. The van der Waals surface area contributed by atoms with E-state index >= 15 is 0 Å². The first kappa shape index (κ1) is 19.8. The number of rotatable bonds is 5. The minimum Gasteiger partial charge on any atom is -0.495 e. The van der Waals surface area contributed by atoms with E-state index in [1.54, 1.807) is 7.11 Å². The van der Waals surface area contributed by atoms with Gasteiger partial charge in [0.15, 0.2) is 5.16 Å². The number of ether oxygens (including phenoxy) is 1. The Hall–Kier alpha value is -2.52. The fourth-order valence-electron chi connectivity index (χ4n) is 3.54. The number of hydrogen-bond donors (Lipinski definition) is 0. The van der Waals surface area contributed by atoms with E-state index in [1.165, 1.54) is 27.7 Å². The number of carbonyl (C=O) groups is 1. The first-order valence-electron chi connectivity index (χ1n) is 9.30. The van der Waals surface area contributed by atoms with Gasteiger partial charge in [0.2, 0.25) is 5.91 Å². The Morgan fingerprint density at radius 3 is 2.69 bits per heavy atom. The maximum atomic E-state index is 12.9. The van der Waals surface area contributed by atoms with Crippen LogP contribution in [0.3, 0.4) is 0 Å². The summed E-state index contributed by atoms with van der Waals surface area (Å²) in [4.78, 5) is 34.3. The predicted octanol–water partition coefficient (Wildman–Crippen LogP) is 2.54. The van der Waals surface area contributed by atoms with Gasteiger partial charge in [-0.15, -0.1) is 11.3 Å². The second-order valence-electron chi connectivity index (χ2n) is 6.66. The Morgan fingerprint density at radius 1 is 1.21 bits per heavy atom. The third-order valence-corrected chi connectivity index (χ3v) is 6.63. The summed E-state index contributed by atoms with van der Waals surface area (Å²) < 4.78 is 7.54. The lowest BCUT2D eigenvalue weighted by Gasteiger charge is -2.36. The van der Waals surface area contributed by atoms with Gasteiger partial charge >= 0.3 is 0 Å². The maximum Gasteiger partial charge on any atom is 0.272 e. The summed E-state index contributed by atoms with van der Waals surface area (Å²) >= 11 is 2.74. The molecule has 4 rings (SSSR count). The van der Waals surface area contributed by atoms with Crippen molar-refractivity contribution in [3.63, 3.8) is 0 Å². The molecule has 1 saturated heterocycles. The zero-order valence-electron chi connectivity index (χ0n) is 16.3. The van der Waals surface area contributed by atoms with Crippen molar-refractivity contribution < 1.29 is 9.53 Å². The molecule has 29 heavy (non-hydrogen) atoms. The molecular weight excluding hydrogens is 408 g/mol. The molecule has 0 atom stereocenters. The van der Waals surface area contributed by atoms with Gasteiger partial charge in [-0.1, -0.05) is 23.9 Å². The van der Waals surface area contributed by atoms with Crippen LogP contribution in [0.2, 0.25) is 0 Å². The van der Waals surface area contributed by atoms with Crippen LogP contribution in [0.4, 0.5) is 5.69 Å². The van der Waals surface area contributed by atoms with Crippen LogP contribution in [0.15, 0.2) is 45.7 Å². The van der Waals surface area contributed by atoms with E-state index in [9.17, 15) is 9.59 Å². The van der Waals surface area contributed by atoms with Gasteiger partial charge in [-0.3, -0.25) is 14.2 Å². The highest BCUT2D eigenvalue weighted by Gasteiger charge is 2.24. The average Bonchev–Trinajstić information content (AvgIpc) is 3.24. The molecule has 0 unspecified atom stereocenters. The van der Waals surface area contributed by atoms with Gasteiger partial charge in [-0.05, 0) is 29.8 Å². The van der Waals surface area contributed by atoms with E-state index in [4.69, 9.17) is 4.74 Å². The molecule has 0 radical (unpaired) electrons. The zero-order chi connectivity index (χ0) is 20.4. The number of hydrogen-bond acceptors (Lipinski definition) is 7. The number of thioether (sulfide) groups is 1. The van der Waals surface area contributed by atoms with E-state index < -0.39 is 0 Å². The van der Waals surface area contributed by atoms with Crippen LogP contribution in [-0.2, 0) is 11.3 Å². The van der Waals surface area contributed by atoms with Gasteiger partial charge in [0.05, 0.1) is 18.3 Å². The van der Waals surface area contributed by atoms with Gasteiger partial charge < -0.3 is 14.5 Å². The summed E-state index contributed by atoms with van der Waals surface area (Å²) in [6.07, 6.45) is 1.87. The third-order valence-electron chi connectivity index (χ3n) is 5.07. The van der Waals surface area contributed by atoms with Crippen molar-refractivity contribution in [3.8, 4) is 5.75 Å². The van der Waals surface area contributed by atoms with Gasteiger partial charge in [0.1, 0.15) is 17.0 Å². The highest BCUT2D eigenvalue weighted by molar-refractivity contribution is 7.98. The van der Waals surface area contributed by atoms with E-state index in [-0.39, 0.29) is 18.0 Å². The zero-order valence-corrected chi connectivity index (χ0v) is 18.0. The number of fused-ring (bicyclic) bond motifs is 1. The molecular formula is C20H22N4O3S2. The number of aromatic nitrogens is 2. The van der Waals surface area contributed by atoms with Crippen molar-refractivity contribution in [2.45, 2.75) is 11.7 Å². The second kappa shape index (κ2) is 8.46. The van der Waals surface area contributed by atoms with Crippen LogP contribution >= 0.6 is 23.1 Å². The number of anilines is 1. The molecule has 2 aromatic heterocycles. The van der Waals surface area contributed by atoms with Gasteiger partial charge in [0.25, 0.3) is 5.56 Å². The maximum absolute atomic E-state index is 12.9. The topological polar surface area (TPSA) is 67.7 Å². The third kappa shape index (κ3) is 3.84. The molecule has 9 heteroatoms. The number of para-hydroxylation sites is 2. The molecule has 152 valence electrons. The van der Waals surface area contributed by atoms with E-state index in [0.29, 0.717) is 28.5 Å². The number of benzene rings is 1. The molecule has 0 bridgehead atoms. The normalized spacial score (nSPS) is 14.4. The number of nitrogens with zero attached hydrogens (tertiary/aromatic N) is 4. The molecule has 1 aliphatic heterocycles. The molecule has 1 amide bonds. The van der Waals surface area contributed by atoms with E-state index in [2.05, 4.69) is 9.88 Å². The average molecular weight is 431 g/mol. The summed E-state index contributed by atoms with van der Waals surface area (Å²) in [5.41, 5.74) is 1.59. The minimum atomic E-state index is -0.143. The van der Waals surface area contributed by atoms with Crippen molar-refractivity contribution in [1.82, 2.24) is 14.5 Å². The van der Waals surface area contributed by atoms with Crippen molar-refractivity contribution in [2.75, 3.05) is 44.4 Å². The van der Waals surface area contributed by atoms with Gasteiger partial charge in [-0.25, -0.2) is 4.98 Å². The lowest BCUT2D eigenvalue weighted by atomic mass is 10.2. The molecule has 3 heterocycles. The quantitative estimate of drug-likeness (QED) is 0.458. The van der Waals surface area contributed by atoms with Gasteiger partial charge in [-0.2, -0.15) is 0 Å². The highest BCUT2D eigenvalue weighted by Crippen LogP contribution is 2.28. The number of carbonyl (C=O) groups excluding carboxylic acids is 1. The smallest absolute Gasteiger partial charge is 0.272 e. The molecule has 0 spiro atoms. The predicted molar refractivity (Wildman–Crippen MR) is 117 cm³/mol. The standard InChI is InChI=1S/C20H22N4O3S2/c1-27-16-6-4-3-5-15(16)22-8-10-23(11-9-22)17(25)13-24-19(26)18-14(7-12-29-18)21-20(24)28-2/h3-7,12H,8-11,13H2,1-2H3. The summed E-state index contributed by atoms with van der Waals surface area (Å²) in [5, 5.41) is 2.42. The molecule has 3 aromatic rings. The summed E-state index contributed by atoms with van der Waals surface area (Å²) in [6, 6.07) is 9.74. The van der Waals surface area contributed by atoms with Crippen LogP contribution in [-0.4, -0.2) is 59.9 Å². The van der Waals surface area contributed by atoms with Crippen LogP contribution < -0.4 is 15.2 Å². The highest BCUT2D eigenvalue weighted by atomic mass is 32.2. The molecule has 0 saturated carbocycles. The van der Waals surface area contributed by atoms with Crippen LogP contribution in [0, 0.1) is 0 Å². The molecule has 7 nitrogen and oxygen atoms in total. The molecule has 0 aliphatic carbocycles. The molecule has 1 aromatic carbocycles.